The molecule has 0 radical (unpaired) electrons. The monoisotopic (exact) mass is 318 g/mol. The number of thiophene rings is 1. The number of ether oxygens (including phenoxy) is 2. The number of rotatable bonds is 5. The molecule has 2 aromatic rings. The van der Waals surface area contributed by atoms with Crippen molar-refractivity contribution in [1.29, 1.82) is 0 Å². The maximum Gasteiger partial charge on any atom is 0.427 e. The molecule has 114 valence electrons. The second kappa shape index (κ2) is 7.94. The number of carbonyl (C=O) groups is 2. The summed E-state index contributed by atoms with van der Waals surface area (Å²) in [4.78, 5) is 23.3. The molecule has 0 saturated heterocycles. The van der Waals surface area contributed by atoms with Crippen LogP contribution in [0.4, 0.5) is 4.79 Å². The summed E-state index contributed by atoms with van der Waals surface area (Å²) < 4.78 is 9.88. The van der Waals surface area contributed by atoms with Crippen molar-refractivity contribution in [3.8, 4) is 5.75 Å². The van der Waals surface area contributed by atoms with Crippen LogP contribution in [0.15, 0.2) is 46.9 Å². The lowest BCUT2D eigenvalue weighted by molar-refractivity contribution is 0.0739. The molecule has 1 aromatic carbocycles. The van der Waals surface area contributed by atoms with Crippen LogP contribution in [0.5, 0.6) is 5.75 Å². The number of amides is 1. The van der Waals surface area contributed by atoms with E-state index in [2.05, 4.69) is 15.3 Å². The second-order valence-electron chi connectivity index (χ2n) is 4.03. The Morgan fingerprint density at radius 2 is 2.05 bits per heavy atom. The second-order valence-corrected chi connectivity index (χ2v) is 4.97. The fourth-order valence-corrected chi connectivity index (χ4v) is 2.10. The third-order valence-corrected chi connectivity index (χ3v) is 3.31. The largest absolute Gasteiger partial charge is 0.449 e. The van der Waals surface area contributed by atoms with Crippen LogP contribution >= 0.6 is 11.3 Å². The third-order valence-electron chi connectivity index (χ3n) is 2.46. The number of benzene rings is 1. The fourth-order valence-electron chi connectivity index (χ4n) is 1.50. The number of nitrogens with zero attached hydrogens (tertiary/aromatic N) is 1. The van der Waals surface area contributed by atoms with Crippen molar-refractivity contribution < 1.29 is 19.1 Å². The molecule has 1 heterocycles. The summed E-state index contributed by atoms with van der Waals surface area (Å²) in [6.45, 7) is 1.99. The van der Waals surface area contributed by atoms with Crippen LogP contribution in [0.3, 0.4) is 0 Å². The van der Waals surface area contributed by atoms with Crippen molar-refractivity contribution in [3.63, 3.8) is 0 Å². The molecule has 0 aliphatic rings. The summed E-state index contributed by atoms with van der Waals surface area (Å²) in [6.07, 6.45) is 0.849. The van der Waals surface area contributed by atoms with Crippen LogP contribution in [-0.2, 0) is 4.74 Å². The molecular formula is C15H14N2O4S. The van der Waals surface area contributed by atoms with E-state index in [0.29, 0.717) is 10.6 Å². The molecule has 0 aliphatic heterocycles. The molecule has 0 spiro atoms. The molecule has 7 heteroatoms. The molecule has 6 nitrogen and oxygen atoms in total. The molecule has 0 atom stereocenters. The minimum absolute atomic E-state index is 0.283. The van der Waals surface area contributed by atoms with Gasteiger partial charge in [0.15, 0.2) is 0 Å². The van der Waals surface area contributed by atoms with Gasteiger partial charge < -0.3 is 9.47 Å². The van der Waals surface area contributed by atoms with Gasteiger partial charge in [-0.25, -0.2) is 15.0 Å². The Morgan fingerprint density at radius 1 is 1.27 bits per heavy atom. The molecule has 0 unspecified atom stereocenters. The van der Waals surface area contributed by atoms with E-state index in [1.54, 1.807) is 43.3 Å². The molecule has 0 aliphatic carbocycles. The molecule has 0 saturated carbocycles. The van der Waals surface area contributed by atoms with Crippen molar-refractivity contribution in [1.82, 2.24) is 5.43 Å². The third kappa shape index (κ3) is 4.71. The van der Waals surface area contributed by atoms with Gasteiger partial charge in [0.05, 0.1) is 12.8 Å². The molecular weight excluding hydrogens is 304 g/mol. The van der Waals surface area contributed by atoms with Gasteiger partial charge in [-0.05, 0) is 48.2 Å². The highest BCUT2D eigenvalue weighted by Crippen LogP contribution is 2.16. The summed E-state index contributed by atoms with van der Waals surface area (Å²) in [6, 6.07) is 10.2. The topological polar surface area (TPSA) is 77.0 Å². The summed E-state index contributed by atoms with van der Waals surface area (Å²) in [5, 5.41) is 5.55. The van der Waals surface area contributed by atoms with E-state index in [9.17, 15) is 9.59 Å². The van der Waals surface area contributed by atoms with Crippen LogP contribution in [-0.4, -0.2) is 24.9 Å². The zero-order valence-electron chi connectivity index (χ0n) is 11.8. The van der Waals surface area contributed by atoms with Gasteiger partial charge in [0.25, 0.3) is 0 Å². The van der Waals surface area contributed by atoms with Crippen LogP contribution < -0.4 is 10.2 Å². The summed E-state index contributed by atoms with van der Waals surface area (Å²) in [7, 11) is 0. The standard InChI is InChI=1S/C15H14N2O4S/c1-2-20-15(19)17-16-10-11-5-7-12(8-6-11)21-14(18)13-4-3-9-22-13/h3-10H,2H2,1H3,(H,17,19)/b16-10-. The van der Waals surface area contributed by atoms with Crippen LogP contribution in [0.25, 0.3) is 0 Å². The number of hydrogen-bond donors (Lipinski definition) is 1. The smallest absolute Gasteiger partial charge is 0.427 e. The Kier molecular flexibility index (Phi) is 5.67. The van der Waals surface area contributed by atoms with Gasteiger partial charge in [-0.1, -0.05) is 6.07 Å². The lowest BCUT2D eigenvalue weighted by Gasteiger charge is -2.03. The van der Waals surface area contributed by atoms with Gasteiger partial charge in [0.2, 0.25) is 0 Å². The molecule has 1 amide bonds. The van der Waals surface area contributed by atoms with E-state index >= 15 is 0 Å². The van der Waals surface area contributed by atoms with Crippen molar-refractivity contribution in [2.75, 3.05) is 6.61 Å². The Balaban J connectivity index is 1.89. The first-order chi connectivity index (χ1) is 10.7. The van der Waals surface area contributed by atoms with Gasteiger partial charge >= 0.3 is 12.1 Å². The van der Waals surface area contributed by atoms with E-state index in [0.717, 1.165) is 5.56 Å². The number of hydrazone groups is 1. The Morgan fingerprint density at radius 3 is 2.68 bits per heavy atom. The van der Waals surface area contributed by atoms with Crippen LogP contribution in [0.2, 0.25) is 0 Å². The summed E-state index contributed by atoms with van der Waals surface area (Å²) >= 11 is 1.32. The highest BCUT2D eigenvalue weighted by atomic mass is 32.1. The van der Waals surface area contributed by atoms with Crippen LogP contribution in [0.1, 0.15) is 22.2 Å². The number of hydrogen-bond acceptors (Lipinski definition) is 6. The van der Waals surface area contributed by atoms with Gasteiger partial charge in [0, 0.05) is 0 Å². The summed E-state index contributed by atoms with van der Waals surface area (Å²) in [5.41, 5.74) is 2.96. The molecule has 1 aromatic heterocycles. The zero-order valence-corrected chi connectivity index (χ0v) is 12.6. The van der Waals surface area contributed by atoms with E-state index in [-0.39, 0.29) is 12.6 Å². The SMILES string of the molecule is CCOC(=O)N/N=C\c1ccc(OC(=O)c2cccs2)cc1. The maximum absolute atomic E-state index is 11.8. The van der Waals surface area contributed by atoms with Crippen molar-refractivity contribution in [2.24, 2.45) is 5.10 Å². The van der Waals surface area contributed by atoms with Crippen molar-refractivity contribution in [3.05, 3.63) is 52.2 Å². The lowest BCUT2D eigenvalue weighted by Crippen LogP contribution is -2.18. The van der Waals surface area contributed by atoms with E-state index in [1.807, 2.05) is 5.38 Å². The van der Waals surface area contributed by atoms with Crippen LogP contribution in [0, 0.1) is 0 Å². The van der Waals surface area contributed by atoms with Crippen molar-refractivity contribution >= 4 is 29.6 Å². The Bertz CT molecular complexity index is 651. The fraction of sp³-hybridized carbons (Fsp3) is 0.133. The highest BCUT2D eigenvalue weighted by molar-refractivity contribution is 7.12. The van der Waals surface area contributed by atoms with Gasteiger partial charge in [-0.2, -0.15) is 5.10 Å². The maximum atomic E-state index is 11.8. The molecule has 1 N–H and O–H groups in total. The quantitative estimate of drug-likeness (QED) is 0.398. The van der Waals surface area contributed by atoms with E-state index in [4.69, 9.17) is 4.74 Å². The van der Waals surface area contributed by atoms with E-state index < -0.39 is 6.09 Å². The van der Waals surface area contributed by atoms with E-state index in [1.165, 1.54) is 17.6 Å². The molecule has 22 heavy (non-hydrogen) atoms. The first kappa shape index (κ1) is 15.7. The zero-order chi connectivity index (χ0) is 15.8. The van der Waals surface area contributed by atoms with Crippen molar-refractivity contribution in [2.45, 2.75) is 6.92 Å². The highest BCUT2D eigenvalue weighted by Gasteiger charge is 2.08. The number of carbonyl (C=O) groups excluding carboxylic acids is 2. The first-order valence-corrected chi connectivity index (χ1v) is 7.38. The molecule has 0 fully saturated rings. The normalized spacial score (nSPS) is 10.4. The molecule has 2 rings (SSSR count). The first-order valence-electron chi connectivity index (χ1n) is 6.50. The van der Waals surface area contributed by atoms with Gasteiger partial charge in [0.1, 0.15) is 10.6 Å². The Hall–Kier alpha value is -2.67. The lowest BCUT2D eigenvalue weighted by atomic mass is 10.2. The average molecular weight is 318 g/mol. The van der Waals surface area contributed by atoms with Gasteiger partial charge in [-0.15, -0.1) is 11.3 Å². The number of esters is 1. The minimum atomic E-state index is -0.611. The Labute approximate surface area is 131 Å². The molecule has 0 bridgehead atoms. The predicted molar refractivity (Wildman–Crippen MR) is 83.5 cm³/mol. The average Bonchev–Trinajstić information content (AvgIpc) is 3.04. The van der Waals surface area contributed by atoms with Gasteiger partial charge in [-0.3, -0.25) is 0 Å². The predicted octanol–water partition coefficient (Wildman–Crippen LogP) is 3.05. The minimum Gasteiger partial charge on any atom is -0.449 e. The summed E-state index contributed by atoms with van der Waals surface area (Å²) in [5.74, 6) is 0.0503. The number of nitrogens with one attached hydrogen (secondary N) is 1.